The first-order valence-electron chi connectivity index (χ1n) is 7.70. The number of rotatable bonds is 8. The van der Waals surface area contributed by atoms with Crippen molar-refractivity contribution in [3.63, 3.8) is 0 Å². The van der Waals surface area contributed by atoms with Gasteiger partial charge in [-0.15, -0.1) is 0 Å². The molecular formula is C18H21NO3S. The lowest BCUT2D eigenvalue weighted by atomic mass is 9.99. The maximum atomic E-state index is 5.96. The van der Waals surface area contributed by atoms with Crippen LogP contribution in [0.15, 0.2) is 59.8 Å². The predicted octanol–water partition coefficient (Wildman–Crippen LogP) is 3.38. The molecule has 0 aliphatic carbocycles. The number of methoxy groups -OCH3 is 1. The van der Waals surface area contributed by atoms with Gasteiger partial charge in [0.05, 0.1) is 31.0 Å². The standard InChI is InChI=1S/C18H21NO3S/c1-20-12-15-16(13-21-11-14-7-3-2-4-8-14)22-18(15)23-17-9-5-6-10-19-17/h2-10,15-16,18H,11-13H2,1H3/t15-,16-,18-/m1/s1. The molecule has 0 N–H and O–H groups in total. The van der Waals surface area contributed by atoms with Gasteiger partial charge in [-0.05, 0) is 17.7 Å². The van der Waals surface area contributed by atoms with Crippen LogP contribution in [-0.2, 0) is 20.8 Å². The van der Waals surface area contributed by atoms with Crippen molar-refractivity contribution in [2.45, 2.75) is 23.2 Å². The molecule has 2 heterocycles. The topological polar surface area (TPSA) is 40.6 Å². The van der Waals surface area contributed by atoms with Gasteiger partial charge < -0.3 is 14.2 Å². The van der Waals surface area contributed by atoms with E-state index in [0.29, 0.717) is 25.7 Å². The van der Waals surface area contributed by atoms with Crippen molar-refractivity contribution in [3.8, 4) is 0 Å². The van der Waals surface area contributed by atoms with Crippen molar-refractivity contribution in [2.75, 3.05) is 20.3 Å². The molecule has 2 aromatic rings. The highest BCUT2D eigenvalue weighted by Gasteiger charge is 2.43. The predicted molar refractivity (Wildman–Crippen MR) is 90.2 cm³/mol. The van der Waals surface area contributed by atoms with Crippen LogP contribution in [-0.4, -0.2) is 36.8 Å². The van der Waals surface area contributed by atoms with E-state index in [1.165, 1.54) is 5.56 Å². The highest BCUT2D eigenvalue weighted by Crippen LogP contribution is 2.39. The van der Waals surface area contributed by atoms with Crippen molar-refractivity contribution < 1.29 is 14.2 Å². The minimum Gasteiger partial charge on any atom is -0.384 e. The minimum absolute atomic E-state index is 0.0789. The van der Waals surface area contributed by atoms with Gasteiger partial charge in [0, 0.05) is 19.2 Å². The molecule has 122 valence electrons. The summed E-state index contributed by atoms with van der Waals surface area (Å²) in [7, 11) is 1.72. The number of hydrogen-bond donors (Lipinski definition) is 0. The van der Waals surface area contributed by atoms with Gasteiger partial charge in [0.15, 0.2) is 0 Å². The molecule has 4 nitrogen and oxygen atoms in total. The van der Waals surface area contributed by atoms with Crippen LogP contribution in [0, 0.1) is 5.92 Å². The molecule has 5 heteroatoms. The van der Waals surface area contributed by atoms with Crippen LogP contribution in [0.1, 0.15) is 5.56 Å². The van der Waals surface area contributed by atoms with Gasteiger partial charge in [-0.25, -0.2) is 4.98 Å². The first kappa shape index (κ1) is 16.5. The maximum absolute atomic E-state index is 5.96. The second-order valence-corrected chi connectivity index (χ2v) is 6.57. The quantitative estimate of drug-likeness (QED) is 0.742. The number of aromatic nitrogens is 1. The van der Waals surface area contributed by atoms with Crippen molar-refractivity contribution in [3.05, 3.63) is 60.3 Å². The number of benzene rings is 1. The van der Waals surface area contributed by atoms with Gasteiger partial charge in [0.2, 0.25) is 0 Å². The number of pyridine rings is 1. The smallest absolute Gasteiger partial charge is 0.117 e. The van der Waals surface area contributed by atoms with Crippen LogP contribution >= 0.6 is 11.8 Å². The van der Waals surface area contributed by atoms with Gasteiger partial charge in [0.1, 0.15) is 5.44 Å². The van der Waals surface area contributed by atoms with Gasteiger partial charge in [0.25, 0.3) is 0 Å². The van der Waals surface area contributed by atoms with Gasteiger partial charge in [-0.1, -0.05) is 48.2 Å². The monoisotopic (exact) mass is 331 g/mol. The Hall–Kier alpha value is -1.40. The van der Waals surface area contributed by atoms with E-state index in [1.54, 1.807) is 25.1 Å². The fourth-order valence-electron chi connectivity index (χ4n) is 2.52. The highest BCUT2D eigenvalue weighted by atomic mass is 32.2. The summed E-state index contributed by atoms with van der Waals surface area (Å²) in [6.07, 6.45) is 1.88. The largest absolute Gasteiger partial charge is 0.384 e. The average molecular weight is 331 g/mol. The summed E-state index contributed by atoms with van der Waals surface area (Å²) < 4.78 is 17.1. The van der Waals surface area contributed by atoms with Crippen LogP contribution in [0.2, 0.25) is 0 Å². The summed E-state index contributed by atoms with van der Waals surface area (Å²) in [5.74, 6) is 0.322. The van der Waals surface area contributed by atoms with Crippen molar-refractivity contribution >= 4 is 11.8 Å². The second-order valence-electron chi connectivity index (χ2n) is 5.45. The fourth-order valence-corrected chi connectivity index (χ4v) is 3.66. The zero-order valence-electron chi connectivity index (χ0n) is 13.1. The average Bonchev–Trinajstić information content (AvgIpc) is 2.60. The van der Waals surface area contributed by atoms with E-state index < -0.39 is 0 Å². The molecule has 1 aromatic carbocycles. The van der Waals surface area contributed by atoms with E-state index in [9.17, 15) is 0 Å². The van der Waals surface area contributed by atoms with E-state index in [2.05, 4.69) is 17.1 Å². The lowest BCUT2D eigenvalue weighted by Gasteiger charge is -2.43. The summed E-state index contributed by atoms with van der Waals surface area (Å²) in [6, 6.07) is 16.1. The third-order valence-electron chi connectivity index (χ3n) is 3.76. The highest BCUT2D eigenvalue weighted by molar-refractivity contribution is 7.99. The Kier molecular flexibility index (Phi) is 6.05. The van der Waals surface area contributed by atoms with Gasteiger partial charge in [-0.2, -0.15) is 0 Å². The van der Waals surface area contributed by atoms with Crippen LogP contribution in [0.3, 0.4) is 0 Å². The van der Waals surface area contributed by atoms with Crippen molar-refractivity contribution in [1.29, 1.82) is 0 Å². The Bertz CT molecular complexity index is 579. The van der Waals surface area contributed by atoms with E-state index in [1.807, 2.05) is 36.4 Å². The Morgan fingerprint density at radius 2 is 1.91 bits per heavy atom. The summed E-state index contributed by atoms with van der Waals surface area (Å²) in [6.45, 7) is 1.87. The van der Waals surface area contributed by atoms with Crippen molar-refractivity contribution in [1.82, 2.24) is 4.98 Å². The number of thioether (sulfide) groups is 1. The zero-order valence-corrected chi connectivity index (χ0v) is 13.9. The molecular weight excluding hydrogens is 310 g/mol. The maximum Gasteiger partial charge on any atom is 0.117 e. The first-order valence-corrected chi connectivity index (χ1v) is 8.58. The minimum atomic E-state index is 0.0789. The Morgan fingerprint density at radius 3 is 2.65 bits per heavy atom. The molecule has 0 radical (unpaired) electrons. The summed E-state index contributed by atoms with van der Waals surface area (Å²) >= 11 is 1.64. The number of hydrogen-bond acceptors (Lipinski definition) is 5. The third kappa shape index (κ3) is 4.54. The molecule has 0 saturated carbocycles. The van der Waals surface area contributed by atoms with Crippen LogP contribution in [0.4, 0.5) is 0 Å². The third-order valence-corrected chi connectivity index (χ3v) is 4.94. The molecule has 23 heavy (non-hydrogen) atoms. The zero-order chi connectivity index (χ0) is 15.9. The van der Waals surface area contributed by atoms with E-state index >= 15 is 0 Å². The van der Waals surface area contributed by atoms with Crippen LogP contribution < -0.4 is 0 Å². The number of ether oxygens (including phenoxy) is 3. The summed E-state index contributed by atoms with van der Waals surface area (Å²) in [4.78, 5) is 4.33. The first-order chi connectivity index (χ1) is 11.4. The molecule has 1 saturated heterocycles. The van der Waals surface area contributed by atoms with Crippen LogP contribution in [0.5, 0.6) is 0 Å². The SMILES string of the molecule is COC[C@H]1[C@@H](Sc2ccccn2)O[C@@H]1COCc1ccccc1. The van der Waals surface area contributed by atoms with E-state index in [0.717, 1.165) is 5.03 Å². The van der Waals surface area contributed by atoms with E-state index in [-0.39, 0.29) is 11.5 Å². The lowest BCUT2D eigenvalue weighted by molar-refractivity contribution is -0.181. The second kappa shape index (κ2) is 8.45. The molecule has 1 aliphatic heterocycles. The summed E-state index contributed by atoms with van der Waals surface area (Å²) in [5, 5.41) is 0.974. The van der Waals surface area contributed by atoms with E-state index in [4.69, 9.17) is 14.2 Å². The van der Waals surface area contributed by atoms with Crippen molar-refractivity contribution in [2.24, 2.45) is 5.92 Å². The molecule has 0 bridgehead atoms. The molecule has 0 unspecified atom stereocenters. The molecule has 3 atom stereocenters. The molecule has 0 amide bonds. The summed E-state index contributed by atoms with van der Waals surface area (Å²) in [5.41, 5.74) is 1.25. The molecule has 1 aliphatic rings. The van der Waals surface area contributed by atoms with Gasteiger partial charge in [-0.3, -0.25) is 0 Å². The molecule has 0 spiro atoms. The molecule has 1 fully saturated rings. The Labute approximate surface area is 141 Å². The van der Waals surface area contributed by atoms with Gasteiger partial charge >= 0.3 is 0 Å². The fraction of sp³-hybridized carbons (Fsp3) is 0.389. The molecule has 3 rings (SSSR count). The normalized spacial score (nSPS) is 23.4. The lowest BCUT2D eigenvalue weighted by Crippen LogP contribution is -2.51. The number of nitrogens with zero attached hydrogens (tertiary/aromatic N) is 1. The molecule has 1 aromatic heterocycles. The van der Waals surface area contributed by atoms with Crippen LogP contribution in [0.25, 0.3) is 0 Å². The Balaban J connectivity index is 1.47. The Morgan fingerprint density at radius 1 is 1.09 bits per heavy atom.